The molecule has 2 aromatic rings. The number of benzene rings is 1. The average molecular weight is 298 g/mol. The van der Waals surface area contributed by atoms with Gasteiger partial charge in [-0.3, -0.25) is 9.78 Å². The molecule has 0 aliphatic carbocycles. The number of amides is 1. The third-order valence-corrected chi connectivity index (χ3v) is 3.08. The fourth-order valence-electron chi connectivity index (χ4n) is 1.90. The molecule has 0 aliphatic heterocycles. The number of hydrogen-bond acceptors (Lipinski definition) is 4. The number of hydrogen-bond donors (Lipinski definition) is 1. The first-order chi connectivity index (χ1) is 10.7. The first-order valence-electron chi connectivity index (χ1n) is 7.11. The summed E-state index contributed by atoms with van der Waals surface area (Å²) in [5.74, 6) is -0.706. The van der Waals surface area contributed by atoms with E-state index in [1.54, 1.807) is 37.4 Å². The zero-order valence-corrected chi connectivity index (χ0v) is 12.4. The van der Waals surface area contributed by atoms with Crippen LogP contribution in [0.5, 0.6) is 0 Å². The maximum absolute atomic E-state index is 12.3. The lowest BCUT2D eigenvalue weighted by Crippen LogP contribution is -2.34. The van der Waals surface area contributed by atoms with Gasteiger partial charge in [0.15, 0.2) is 6.04 Å². The maximum Gasteiger partial charge on any atom is 0.333 e. The van der Waals surface area contributed by atoms with Gasteiger partial charge in [0.05, 0.1) is 5.69 Å². The smallest absolute Gasteiger partial charge is 0.333 e. The van der Waals surface area contributed by atoms with Gasteiger partial charge in [0, 0.05) is 12.6 Å². The minimum atomic E-state index is -0.808. The van der Waals surface area contributed by atoms with Crippen LogP contribution in [-0.4, -0.2) is 16.9 Å². The van der Waals surface area contributed by atoms with Crippen LogP contribution in [0.4, 0.5) is 0 Å². The molecule has 0 saturated carbocycles. The molecule has 5 heteroatoms. The number of nitrogens with zero attached hydrogens (tertiary/aromatic N) is 1. The molecule has 2 rings (SSSR count). The van der Waals surface area contributed by atoms with Crippen LogP contribution in [-0.2, 0) is 20.9 Å². The number of pyridine rings is 1. The second-order valence-electron chi connectivity index (χ2n) is 4.69. The molecule has 114 valence electrons. The molecule has 1 aromatic heterocycles. The van der Waals surface area contributed by atoms with Crippen LogP contribution in [0.25, 0.3) is 0 Å². The molecule has 0 bridgehead atoms. The Balaban J connectivity index is 2.07. The molecule has 1 unspecified atom stereocenters. The van der Waals surface area contributed by atoms with E-state index >= 15 is 0 Å². The van der Waals surface area contributed by atoms with Crippen molar-refractivity contribution in [2.45, 2.75) is 26.0 Å². The Bertz CT molecular complexity index is 614. The van der Waals surface area contributed by atoms with E-state index < -0.39 is 12.0 Å². The van der Waals surface area contributed by atoms with E-state index in [1.807, 2.05) is 24.3 Å². The van der Waals surface area contributed by atoms with Crippen LogP contribution in [0.1, 0.15) is 30.6 Å². The molecule has 0 aliphatic rings. The molecule has 0 radical (unpaired) electrons. The van der Waals surface area contributed by atoms with Crippen LogP contribution < -0.4 is 5.32 Å². The quantitative estimate of drug-likeness (QED) is 0.831. The van der Waals surface area contributed by atoms with Crippen LogP contribution >= 0.6 is 0 Å². The maximum atomic E-state index is 12.3. The second-order valence-corrected chi connectivity index (χ2v) is 4.69. The minimum absolute atomic E-state index is 0.0744. The van der Waals surface area contributed by atoms with Crippen molar-refractivity contribution in [2.75, 3.05) is 0 Å². The first kappa shape index (κ1) is 15.7. The van der Waals surface area contributed by atoms with Gasteiger partial charge in [0.2, 0.25) is 5.91 Å². The largest absolute Gasteiger partial charge is 0.457 e. The minimum Gasteiger partial charge on any atom is -0.457 e. The summed E-state index contributed by atoms with van der Waals surface area (Å²) in [5, 5.41) is 2.69. The van der Waals surface area contributed by atoms with Crippen molar-refractivity contribution in [1.82, 2.24) is 10.3 Å². The van der Waals surface area contributed by atoms with Crippen molar-refractivity contribution >= 4 is 11.9 Å². The van der Waals surface area contributed by atoms with Crippen LogP contribution in [0.15, 0.2) is 54.7 Å². The zero-order chi connectivity index (χ0) is 15.8. The van der Waals surface area contributed by atoms with Crippen molar-refractivity contribution in [3.63, 3.8) is 0 Å². The van der Waals surface area contributed by atoms with Crippen molar-refractivity contribution in [3.8, 4) is 0 Å². The Morgan fingerprint density at radius 3 is 2.50 bits per heavy atom. The van der Waals surface area contributed by atoms with Crippen LogP contribution in [0.2, 0.25) is 0 Å². The van der Waals surface area contributed by atoms with Crippen LogP contribution in [0, 0.1) is 0 Å². The van der Waals surface area contributed by atoms with Gasteiger partial charge in [0.1, 0.15) is 6.61 Å². The summed E-state index contributed by atoms with van der Waals surface area (Å²) in [6.07, 6.45) is 1.94. The summed E-state index contributed by atoms with van der Waals surface area (Å²) >= 11 is 0. The van der Waals surface area contributed by atoms with Crippen molar-refractivity contribution < 1.29 is 14.3 Å². The molecule has 0 fully saturated rings. The predicted molar refractivity (Wildman–Crippen MR) is 81.6 cm³/mol. The Morgan fingerprint density at radius 1 is 1.14 bits per heavy atom. The number of esters is 1. The van der Waals surface area contributed by atoms with E-state index in [-0.39, 0.29) is 12.5 Å². The van der Waals surface area contributed by atoms with Gasteiger partial charge in [-0.05, 0) is 17.7 Å². The molecular weight excluding hydrogens is 280 g/mol. The number of aromatic nitrogens is 1. The molecule has 1 N–H and O–H groups in total. The zero-order valence-electron chi connectivity index (χ0n) is 12.4. The summed E-state index contributed by atoms with van der Waals surface area (Å²) in [6, 6.07) is 13.6. The first-order valence-corrected chi connectivity index (χ1v) is 7.11. The molecule has 1 aromatic carbocycles. The van der Waals surface area contributed by atoms with Gasteiger partial charge >= 0.3 is 5.97 Å². The highest BCUT2D eigenvalue weighted by molar-refractivity contribution is 5.85. The molecule has 0 saturated heterocycles. The summed E-state index contributed by atoms with van der Waals surface area (Å²) in [7, 11) is 0. The topological polar surface area (TPSA) is 68.3 Å². The monoisotopic (exact) mass is 298 g/mol. The summed E-state index contributed by atoms with van der Waals surface area (Å²) in [5.41, 5.74) is 1.35. The highest BCUT2D eigenvalue weighted by Crippen LogP contribution is 2.15. The van der Waals surface area contributed by atoms with E-state index in [1.165, 1.54) is 0 Å². The van der Waals surface area contributed by atoms with Gasteiger partial charge in [-0.2, -0.15) is 0 Å². The fourth-order valence-corrected chi connectivity index (χ4v) is 1.90. The van der Waals surface area contributed by atoms with Gasteiger partial charge in [-0.15, -0.1) is 0 Å². The summed E-state index contributed by atoms with van der Waals surface area (Å²) in [6.45, 7) is 1.81. The summed E-state index contributed by atoms with van der Waals surface area (Å²) in [4.78, 5) is 28.0. The van der Waals surface area contributed by atoms with E-state index in [9.17, 15) is 9.59 Å². The molecule has 22 heavy (non-hydrogen) atoms. The van der Waals surface area contributed by atoms with E-state index in [0.717, 1.165) is 0 Å². The highest BCUT2D eigenvalue weighted by Gasteiger charge is 2.23. The Morgan fingerprint density at radius 2 is 1.86 bits per heavy atom. The molecule has 5 nitrogen and oxygen atoms in total. The number of ether oxygens (including phenoxy) is 1. The highest BCUT2D eigenvalue weighted by atomic mass is 16.5. The van der Waals surface area contributed by atoms with E-state index in [2.05, 4.69) is 10.3 Å². The number of rotatable bonds is 6. The van der Waals surface area contributed by atoms with Gasteiger partial charge < -0.3 is 10.1 Å². The summed E-state index contributed by atoms with van der Waals surface area (Å²) < 4.78 is 5.27. The van der Waals surface area contributed by atoms with Crippen molar-refractivity contribution in [3.05, 3.63) is 66.0 Å². The Kier molecular flexibility index (Phi) is 5.65. The standard InChI is InChI=1S/C17H18N2O3/c1-2-15(20)19-16(13-8-4-3-5-9-13)17(21)22-12-14-10-6-7-11-18-14/h3-11,16H,2,12H2,1H3,(H,19,20). The van der Waals surface area contributed by atoms with Crippen LogP contribution in [0.3, 0.4) is 0 Å². The number of carbonyl (C=O) groups excluding carboxylic acids is 2. The second kappa shape index (κ2) is 7.93. The SMILES string of the molecule is CCC(=O)NC(C(=O)OCc1ccccn1)c1ccccc1. The molecule has 1 heterocycles. The Labute approximate surface area is 129 Å². The molecular formula is C17H18N2O3. The van der Waals surface area contributed by atoms with Crippen molar-refractivity contribution in [1.29, 1.82) is 0 Å². The molecule has 0 spiro atoms. The molecule has 1 amide bonds. The fraction of sp³-hybridized carbons (Fsp3) is 0.235. The molecule has 1 atom stereocenters. The van der Waals surface area contributed by atoms with E-state index in [0.29, 0.717) is 17.7 Å². The third kappa shape index (κ3) is 4.41. The normalized spacial score (nSPS) is 11.5. The van der Waals surface area contributed by atoms with Crippen molar-refractivity contribution in [2.24, 2.45) is 0 Å². The Hall–Kier alpha value is -2.69. The third-order valence-electron chi connectivity index (χ3n) is 3.08. The van der Waals surface area contributed by atoms with Gasteiger partial charge in [-0.1, -0.05) is 43.3 Å². The lowest BCUT2D eigenvalue weighted by atomic mass is 10.1. The van der Waals surface area contributed by atoms with Gasteiger partial charge in [0.25, 0.3) is 0 Å². The lowest BCUT2D eigenvalue weighted by Gasteiger charge is -2.17. The average Bonchev–Trinajstić information content (AvgIpc) is 2.59. The number of carbonyl (C=O) groups is 2. The number of nitrogens with one attached hydrogen (secondary N) is 1. The predicted octanol–water partition coefficient (Wildman–Crippen LogP) is 2.39. The van der Waals surface area contributed by atoms with Gasteiger partial charge in [-0.25, -0.2) is 4.79 Å². The van der Waals surface area contributed by atoms with E-state index in [4.69, 9.17) is 4.74 Å². The lowest BCUT2D eigenvalue weighted by molar-refractivity contribution is -0.149.